The molecule has 2 saturated carbocycles. The van der Waals surface area contributed by atoms with Crippen LogP contribution in [-0.2, 0) is 4.79 Å². The van der Waals surface area contributed by atoms with Crippen LogP contribution in [0, 0.1) is 11.3 Å². The molecule has 3 N–H and O–H groups in total. The summed E-state index contributed by atoms with van der Waals surface area (Å²) in [4.78, 5) is 12.6. The Hall–Kier alpha value is -0.570. The minimum Gasteiger partial charge on any atom is -0.351 e. The van der Waals surface area contributed by atoms with Crippen molar-refractivity contribution >= 4 is 5.91 Å². The van der Waals surface area contributed by atoms with Gasteiger partial charge in [-0.15, -0.1) is 0 Å². The van der Waals surface area contributed by atoms with Crippen molar-refractivity contribution in [3.05, 3.63) is 0 Å². The number of carbonyl (C=O) groups is 1. The summed E-state index contributed by atoms with van der Waals surface area (Å²) in [6.45, 7) is 4.43. The lowest BCUT2D eigenvalue weighted by molar-refractivity contribution is -0.132. The lowest BCUT2D eigenvalue weighted by Crippen LogP contribution is -2.49. The molecule has 3 nitrogen and oxygen atoms in total. The molecule has 0 bridgehead atoms. The van der Waals surface area contributed by atoms with Crippen molar-refractivity contribution in [2.75, 3.05) is 0 Å². The Balaban J connectivity index is 1.99. The summed E-state index contributed by atoms with van der Waals surface area (Å²) in [6, 6.07) is 0.397. The van der Waals surface area contributed by atoms with Crippen LogP contribution in [0.15, 0.2) is 0 Å². The first-order valence-corrected chi connectivity index (χ1v) is 7.60. The predicted octanol–water partition coefficient (Wildman–Crippen LogP) is 2.59. The number of nitrogens with two attached hydrogens (primary N) is 1. The molecule has 2 atom stereocenters. The van der Waals surface area contributed by atoms with Crippen molar-refractivity contribution in [2.45, 2.75) is 77.3 Å². The predicted molar refractivity (Wildman–Crippen MR) is 74.1 cm³/mol. The quantitative estimate of drug-likeness (QED) is 0.808. The van der Waals surface area contributed by atoms with E-state index in [9.17, 15) is 4.79 Å². The molecule has 2 unspecified atom stereocenters. The van der Waals surface area contributed by atoms with E-state index in [1.54, 1.807) is 0 Å². The number of amides is 1. The van der Waals surface area contributed by atoms with Crippen molar-refractivity contribution < 1.29 is 4.79 Å². The minimum atomic E-state index is -0.0868. The van der Waals surface area contributed by atoms with Crippen LogP contribution >= 0.6 is 0 Å². The van der Waals surface area contributed by atoms with E-state index in [1.807, 2.05) is 0 Å². The third-order valence-electron chi connectivity index (χ3n) is 4.73. The summed E-state index contributed by atoms with van der Waals surface area (Å²) in [5, 5.41) is 3.25. The van der Waals surface area contributed by atoms with E-state index in [-0.39, 0.29) is 23.4 Å². The van der Waals surface area contributed by atoms with E-state index < -0.39 is 0 Å². The zero-order valence-corrected chi connectivity index (χ0v) is 11.9. The Bertz CT molecular complexity index is 295. The molecule has 0 aromatic rings. The molecule has 104 valence electrons. The van der Waals surface area contributed by atoms with Gasteiger partial charge in [-0.2, -0.15) is 0 Å². The fourth-order valence-corrected chi connectivity index (χ4v) is 3.85. The Morgan fingerprint density at radius 1 is 1.28 bits per heavy atom. The van der Waals surface area contributed by atoms with Gasteiger partial charge in [-0.05, 0) is 44.4 Å². The molecule has 0 saturated heterocycles. The smallest absolute Gasteiger partial charge is 0.226 e. The molecule has 0 heterocycles. The number of hydrogen-bond acceptors (Lipinski definition) is 2. The minimum absolute atomic E-state index is 0.0868. The highest BCUT2D eigenvalue weighted by atomic mass is 16.2. The number of rotatable bonds is 4. The SMILES string of the molecule is CC(C)CC1(C(=O)NC2CCCC2N)CCCC1. The Morgan fingerprint density at radius 3 is 2.44 bits per heavy atom. The highest BCUT2D eigenvalue weighted by Crippen LogP contribution is 2.43. The van der Waals surface area contributed by atoms with E-state index in [0.717, 1.165) is 38.5 Å². The first kappa shape index (κ1) is 13.9. The van der Waals surface area contributed by atoms with Gasteiger partial charge in [-0.1, -0.05) is 26.7 Å². The standard InChI is InChI=1S/C15H28N2O/c1-11(2)10-15(8-3-4-9-15)14(18)17-13-7-5-6-12(13)16/h11-13H,3-10,16H2,1-2H3,(H,17,18). The molecule has 2 aliphatic carbocycles. The molecule has 0 spiro atoms. The number of nitrogens with one attached hydrogen (secondary N) is 1. The number of hydrogen-bond donors (Lipinski definition) is 2. The molecule has 0 aromatic carbocycles. The largest absolute Gasteiger partial charge is 0.351 e. The van der Waals surface area contributed by atoms with Gasteiger partial charge in [-0.3, -0.25) is 4.79 Å². The summed E-state index contributed by atoms with van der Waals surface area (Å²) >= 11 is 0. The maximum Gasteiger partial charge on any atom is 0.226 e. The van der Waals surface area contributed by atoms with Gasteiger partial charge in [0.2, 0.25) is 5.91 Å². The molecular weight excluding hydrogens is 224 g/mol. The molecule has 3 heteroatoms. The van der Waals surface area contributed by atoms with Crippen LogP contribution in [0.4, 0.5) is 0 Å². The molecule has 0 aliphatic heterocycles. The fourth-order valence-electron chi connectivity index (χ4n) is 3.85. The molecule has 0 aromatic heterocycles. The topological polar surface area (TPSA) is 55.1 Å². The third kappa shape index (κ3) is 2.87. The van der Waals surface area contributed by atoms with Crippen LogP contribution < -0.4 is 11.1 Å². The molecule has 2 rings (SSSR count). The van der Waals surface area contributed by atoms with E-state index in [4.69, 9.17) is 5.73 Å². The lowest BCUT2D eigenvalue weighted by Gasteiger charge is -2.31. The highest BCUT2D eigenvalue weighted by Gasteiger charge is 2.42. The van der Waals surface area contributed by atoms with Gasteiger partial charge in [0, 0.05) is 17.5 Å². The Labute approximate surface area is 111 Å². The average molecular weight is 252 g/mol. The van der Waals surface area contributed by atoms with E-state index in [2.05, 4.69) is 19.2 Å². The van der Waals surface area contributed by atoms with Gasteiger partial charge in [0.05, 0.1) is 0 Å². The highest BCUT2D eigenvalue weighted by molar-refractivity contribution is 5.83. The molecule has 2 aliphatic rings. The van der Waals surface area contributed by atoms with Crippen LogP contribution in [-0.4, -0.2) is 18.0 Å². The van der Waals surface area contributed by atoms with E-state index in [1.165, 1.54) is 12.8 Å². The van der Waals surface area contributed by atoms with Crippen LogP contribution in [0.3, 0.4) is 0 Å². The Kier molecular flexibility index (Phi) is 4.31. The van der Waals surface area contributed by atoms with Crippen LogP contribution in [0.2, 0.25) is 0 Å². The zero-order valence-electron chi connectivity index (χ0n) is 11.9. The van der Waals surface area contributed by atoms with Gasteiger partial charge in [0.25, 0.3) is 0 Å². The molecule has 1 amide bonds. The summed E-state index contributed by atoms with van der Waals surface area (Å²) in [7, 11) is 0. The fraction of sp³-hybridized carbons (Fsp3) is 0.933. The first-order chi connectivity index (χ1) is 8.53. The van der Waals surface area contributed by atoms with Crippen LogP contribution in [0.25, 0.3) is 0 Å². The maximum absolute atomic E-state index is 12.6. The summed E-state index contributed by atoms with van der Waals surface area (Å²) in [6.07, 6.45) is 8.85. The van der Waals surface area contributed by atoms with Crippen molar-refractivity contribution in [3.63, 3.8) is 0 Å². The van der Waals surface area contributed by atoms with Gasteiger partial charge >= 0.3 is 0 Å². The van der Waals surface area contributed by atoms with Crippen LogP contribution in [0.1, 0.15) is 65.2 Å². The summed E-state index contributed by atoms with van der Waals surface area (Å²) < 4.78 is 0. The second kappa shape index (κ2) is 5.60. The molecule has 0 radical (unpaired) electrons. The Morgan fingerprint density at radius 2 is 1.94 bits per heavy atom. The second-order valence-corrected chi connectivity index (χ2v) is 6.76. The van der Waals surface area contributed by atoms with Crippen LogP contribution in [0.5, 0.6) is 0 Å². The normalized spacial score (nSPS) is 30.9. The van der Waals surface area contributed by atoms with Crippen molar-refractivity contribution in [3.8, 4) is 0 Å². The third-order valence-corrected chi connectivity index (χ3v) is 4.73. The summed E-state index contributed by atoms with van der Waals surface area (Å²) in [5.74, 6) is 0.877. The molecule has 18 heavy (non-hydrogen) atoms. The first-order valence-electron chi connectivity index (χ1n) is 7.60. The van der Waals surface area contributed by atoms with Gasteiger partial charge in [-0.25, -0.2) is 0 Å². The van der Waals surface area contributed by atoms with Crippen molar-refractivity contribution in [2.24, 2.45) is 17.1 Å². The number of carbonyl (C=O) groups excluding carboxylic acids is 1. The molecular formula is C15H28N2O. The second-order valence-electron chi connectivity index (χ2n) is 6.76. The van der Waals surface area contributed by atoms with E-state index >= 15 is 0 Å². The average Bonchev–Trinajstić information content (AvgIpc) is 2.89. The summed E-state index contributed by atoms with van der Waals surface area (Å²) in [5.41, 5.74) is 5.97. The molecule has 2 fully saturated rings. The van der Waals surface area contributed by atoms with Gasteiger partial charge in [0.1, 0.15) is 0 Å². The lowest BCUT2D eigenvalue weighted by atomic mass is 9.77. The van der Waals surface area contributed by atoms with Gasteiger partial charge < -0.3 is 11.1 Å². The zero-order chi connectivity index (χ0) is 13.2. The van der Waals surface area contributed by atoms with Gasteiger partial charge in [0.15, 0.2) is 0 Å². The van der Waals surface area contributed by atoms with Crippen molar-refractivity contribution in [1.82, 2.24) is 5.32 Å². The van der Waals surface area contributed by atoms with Crippen molar-refractivity contribution in [1.29, 1.82) is 0 Å². The van der Waals surface area contributed by atoms with E-state index in [0.29, 0.717) is 5.92 Å². The maximum atomic E-state index is 12.6. The monoisotopic (exact) mass is 252 g/mol.